The maximum atomic E-state index is 13.3. The second-order valence-electron chi connectivity index (χ2n) is 8.51. The van der Waals surface area contributed by atoms with Gasteiger partial charge in [0.05, 0.1) is 11.5 Å². The third kappa shape index (κ3) is 6.66. The first-order valence-electron chi connectivity index (χ1n) is 11.1. The standard InChI is InChI=1S/C22H36N6O2S/c1-4-5-9-28(22(30)26-8-10-27(2)3)21(29)16(13-23)11-15-6-7-19-17(12-15)18(14-24)20(25)31-19/h15-16H,4-13,23,25H2,1-3H3,(H,26,30). The number of unbranched alkanes of at least 4 members (excludes halogenated alkanes) is 1. The summed E-state index contributed by atoms with van der Waals surface area (Å²) in [5.41, 5.74) is 13.6. The van der Waals surface area contributed by atoms with Crippen molar-refractivity contribution in [2.24, 2.45) is 17.6 Å². The van der Waals surface area contributed by atoms with Crippen LogP contribution in [0.25, 0.3) is 0 Å². The van der Waals surface area contributed by atoms with Gasteiger partial charge in [0.2, 0.25) is 5.91 Å². The van der Waals surface area contributed by atoms with Crippen LogP contribution in [0, 0.1) is 23.2 Å². The largest absolute Gasteiger partial charge is 0.389 e. The molecule has 1 aliphatic rings. The van der Waals surface area contributed by atoms with Crippen LogP contribution in [-0.4, -0.2) is 62.0 Å². The Morgan fingerprint density at radius 3 is 2.71 bits per heavy atom. The van der Waals surface area contributed by atoms with Crippen molar-refractivity contribution < 1.29 is 9.59 Å². The first-order valence-corrected chi connectivity index (χ1v) is 11.9. The van der Waals surface area contributed by atoms with Crippen LogP contribution in [-0.2, 0) is 17.6 Å². The maximum Gasteiger partial charge on any atom is 0.324 e. The minimum Gasteiger partial charge on any atom is -0.389 e. The number of fused-ring (bicyclic) bond motifs is 1. The average Bonchev–Trinajstić information content (AvgIpc) is 3.05. The molecule has 0 saturated heterocycles. The van der Waals surface area contributed by atoms with Crippen molar-refractivity contribution in [1.82, 2.24) is 15.1 Å². The summed E-state index contributed by atoms with van der Waals surface area (Å²) in [7, 11) is 3.87. The van der Waals surface area contributed by atoms with E-state index in [2.05, 4.69) is 11.4 Å². The zero-order valence-electron chi connectivity index (χ0n) is 18.9. The van der Waals surface area contributed by atoms with Gasteiger partial charge in [0.25, 0.3) is 0 Å². The number of nitrogens with one attached hydrogen (secondary N) is 1. The lowest BCUT2D eigenvalue weighted by molar-refractivity contribution is -0.132. The SMILES string of the molecule is CCCCN(C(=O)NCCN(C)C)C(=O)C(CN)CC1CCc2sc(N)c(C#N)c2C1. The van der Waals surface area contributed by atoms with Crippen LogP contribution in [0.2, 0.25) is 0 Å². The number of likely N-dealkylation sites (N-methyl/N-ethyl adjacent to an activating group) is 1. The number of nitrogens with two attached hydrogens (primary N) is 2. The van der Waals surface area contributed by atoms with Gasteiger partial charge < -0.3 is 21.7 Å². The number of carbonyl (C=O) groups is 2. The second kappa shape index (κ2) is 12.0. The van der Waals surface area contributed by atoms with Crippen LogP contribution in [0.15, 0.2) is 0 Å². The lowest BCUT2D eigenvalue weighted by Crippen LogP contribution is -2.49. The van der Waals surface area contributed by atoms with Gasteiger partial charge in [-0.25, -0.2) is 4.79 Å². The molecule has 0 bridgehead atoms. The van der Waals surface area contributed by atoms with E-state index in [0.717, 1.165) is 37.7 Å². The number of anilines is 1. The number of hydrogen-bond donors (Lipinski definition) is 3. The van der Waals surface area contributed by atoms with Gasteiger partial charge in [-0.05, 0) is 57.7 Å². The quantitative estimate of drug-likeness (QED) is 0.503. The molecule has 0 fully saturated rings. The zero-order valence-corrected chi connectivity index (χ0v) is 19.8. The van der Waals surface area contributed by atoms with Crippen molar-refractivity contribution >= 4 is 28.3 Å². The number of nitrogens with zero attached hydrogens (tertiary/aromatic N) is 3. The average molecular weight is 449 g/mol. The summed E-state index contributed by atoms with van der Waals surface area (Å²) in [6, 6.07) is 1.88. The summed E-state index contributed by atoms with van der Waals surface area (Å²) in [4.78, 5) is 30.5. The van der Waals surface area contributed by atoms with Crippen molar-refractivity contribution in [2.45, 2.75) is 45.4 Å². The number of rotatable bonds is 10. The second-order valence-corrected chi connectivity index (χ2v) is 9.65. The maximum absolute atomic E-state index is 13.3. The Balaban J connectivity index is 2.06. The van der Waals surface area contributed by atoms with Crippen LogP contribution >= 0.6 is 11.3 Å². The summed E-state index contributed by atoms with van der Waals surface area (Å²) in [5.74, 6) is -0.366. The molecule has 0 spiro atoms. The van der Waals surface area contributed by atoms with Gasteiger partial charge in [0.15, 0.2) is 0 Å². The number of nitrogen functional groups attached to an aromatic ring is 1. The Morgan fingerprint density at radius 2 is 2.10 bits per heavy atom. The van der Waals surface area contributed by atoms with E-state index in [0.29, 0.717) is 36.6 Å². The van der Waals surface area contributed by atoms with E-state index in [1.807, 2.05) is 25.9 Å². The molecular weight excluding hydrogens is 412 g/mol. The first kappa shape index (κ1) is 25.1. The summed E-state index contributed by atoms with van der Waals surface area (Å²) < 4.78 is 0. The number of carbonyl (C=O) groups excluding carboxylic acids is 2. The van der Waals surface area contributed by atoms with Gasteiger partial charge in [0, 0.05) is 31.1 Å². The van der Waals surface area contributed by atoms with E-state index in [-0.39, 0.29) is 24.4 Å². The Morgan fingerprint density at radius 1 is 1.35 bits per heavy atom. The lowest BCUT2D eigenvalue weighted by atomic mass is 9.81. The van der Waals surface area contributed by atoms with Gasteiger partial charge in [-0.15, -0.1) is 11.3 Å². The zero-order chi connectivity index (χ0) is 23.0. The molecule has 2 unspecified atom stereocenters. The molecule has 0 radical (unpaired) electrons. The predicted octanol–water partition coefficient (Wildman–Crippen LogP) is 2.17. The molecular formula is C22H36N6O2S. The number of amides is 3. The number of imide groups is 1. The van der Waals surface area contributed by atoms with Crippen LogP contribution < -0.4 is 16.8 Å². The first-order chi connectivity index (χ1) is 14.8. The fourth-order valence-corrected chi connectivity index (χ4v) is 5.10. The van der Waals surface area contributed by atoms with E-state index in [9.17, 15) is 14.9 Å². The minimum atomic E-state index is -0.412. The van der Waals surface area contributed by atoms with Gasteiger partial charge in [-0.2, -0.15) is 5.26 Å². The van der Waals surface area contributed by atoms with Gasteiger partial charge in [-0.3, -0.25) is 9.69 Å². The van der Waals surface area contributed by atoms with Crippen molar-refractivity contribution in [3.05, 3.63) is 16.0 Å². The van der Waals surface area contributed by atoms with E-state index < -0.39 is 5.92 Å². The molecule has 3 amide bonds. The molecule has 0 aliphatic heterocycles. The molecule has 31 heavy (non-hydrogen) atoms. The van der Waals surface area contributed by atoms with Crippen LogP contribution in [0.4, 0.5) is 9.80 Å². The summed E-state index contributed by atoms with van der Waals surface area (Å²) in [6.07, 6.45) is 4.81. The van der Waals surface area contributed by atoms with Gasteiger partial charge in [0.1, 0.15) is 11.1 Å². The third-order valence-electron chi connectivity index (χ3n) is 5.84. The smallest absolute Gasteiger partial charge is 0.324 e. The molecule has 1 aliphatic carbocycles. The molecule has 172 valence electrons. The van der Waals surface area contributed by atoms with E-state index in [1.54, 1.807) is 0 Å². The van der Waals surface area contributed by atoms with Crippen molar-refractivity contribution in [3.63, 3.8) is 0 Å². The molecule has 0 aromatic carbocycles. The van der Waals surface area contributed by atoms with Crippen LogP contribution in [0.3, 0.4) is 0 Å². The van der Waals surface area contributed by atoms with E-state index >= 15 is 0 Å². The lowest BCUT2D eigenvalue weighted by Gasteiger charge is -2.29. The summed E-state index contributed by atoms with van der Waals surface area (Å²) in [5, 5.41) is 12.9. The minimum absolute atomic E-state index is 0.200. The molecule has 2 rings (SSSR count). The Bertz CT molecular complexity index is 801. The number of nitriles is 1. The highest BCUT2D eigenvalue weighted by Crippen LogP contribution is 2.39. The summed E-state index contributed by atoms with van der Waals surface area (Å²) >= 11 is 1.50. The Hall–Kier alpha value is -2.15. The number of hydrogen-bond acceptors (Lipinski definition) is 7. The fraction of sp³-hybridized carbons (Fsp3) is 0.682. The Labute approximate surface area is 189 Å². The monoisotopic (exact) mass is 448 g/mol. The van der Waals surface area contributed by atoms with Crippen LogP contribution in [0.1, 0.15) is 48.6 Å². The van der Waals surface area contributed by atoms with Gasteiger partial charge >= 0.3 is 6.03 Å². The molecule has 8 nitrogen and oxygen atoms in total. The molecule has 9 heteroatoms. The van der Waals surface area contributed by atoms with E-state index in [4.69, 9.17) is 11.5 Å². The molecule has 1 heterocycles. The van der Waals surface area contributed by atoms with Crippen molar-refractivity contribution in [2.75, 3.05) is 46.0 Å². The third-order valence-corrected chi connectivity index (χ3v) is 6.96. The highest BCUT2D eigenvalue weighted by molar-refractivity contribution is 7.16. The number of thiophene rings is 1. The number of urea groups is 1. The highest BCUT2D eigenvalue weighted by atomic mass is 32.1. The van der Waals surface area contributed by atoms with Gasteiger partial charge in [-0.1, -0.05) is 13.3 Å². The highest BCUT2D eigenvalue weighted by Gasteiger charge is 2.32. The molecule has 1 aromatic heterocycles. The summed E-state index contributed by atoms with van der Waals surface area (Å²) in [6.45, 7) is 3.82. The predicted molar refractivity (Wildman–Crippen MR) is 125 cm³/mol. The van der Waals surface area contributed by atoms with E-state index in [1.165, 1.54) is 21.1 Å². The molecule has 2 atom stereocenters. The number of aryl methyl sites for hydroxylation is 1. The van der Waals surface area contributed by atoms with Crippen molar-refractivity contribution in [1.29, 1.82) is 5.26 Å². The fourth-order valence-electron chi connectivity index (χ4n) is 4.03. The van der Waals surface area contributed by atoms with Crippen molar-refractivity contribution in [3.8, 4) is 6.07 Å². The topological polar surface area (TPSA) is 128 Å². The molecule has 5 N–H and O–H groups in total. The molecule has 1 aromatic rings. The normalized spacial score (nSPS) is 16.5. The Kier molecular flexibility index (Phi) is 9.75. The molecule has 0 saturated carbocycles. The van der Waals surface area contributed by atoms with Crippen LogP contribution in [0.5, 0.6) is 0 Å².